The number of furan rings is 1. The Morgan fingerprint density at radius 3 is 2.02 bits per heavy atom. The van der Waals surface area contributed by atoms with Crippen LogP contribution >= 0.6 is 0 Å². The second-order valence-corrected chi connectivity index (χ2v) is 13.2. The fraction of sp³-hybridized carbons (Fsp3) is 0.0426. The fourth-order valence-corrected chi connectivity index (χ4v) is 8.50. The summed E-state index contributed by atoms with van der Waals surface area (Å²) < 4.78 is 6.70. The standard InChI is InChI=1S/C47H32N2O/c48-27-34(33-21-19-32(20-22-33)31-10-2-1-3-11-31)29-49-28-30-18-23-39-43(26-30)47(40-15-7-4-12-35(40)36-13-5-8-16-41(36)47)42-25-24-38-37-14-6-9-17-44(37)50-46(38)45(39)42/h1-27,29H,28,48H2. The van der Waals surface area contributed by atoms with E-state index in [0.717, 1.165) is 38.6 Å². The van der Waals surface area contributed by atoms with Gasteiger partial charge in [0.05, 0.1) is 12.0 Å². The molecule has 0 unspecified atom stereocenters. The van der Waals surface area contributed by atoms with Crippen LogP contribution in [-0.4, -0.2) is 6.21 Å². The minimum absolute atomic E-state index is 0.465. The molecule has 1 aromatic heterocycles. The van der Waals surface area contributed by atoms with Gasteiger partial charge in [0.15, 0.2) is 0 Å². The molecule has 10 rings (SSSR count). The van der Waals surface area contributed by atoms with Crippen molar-refractivity contribution in [3.8, 4) is 33.4 Å². The minimum atomic E-state index is -0.465. The Kier molecular flexibility index (Phi) is 6.31. The first-order chi connectivity index (χ1) is 24.8. The van der Waals surface area contributed by atoms with Crippen molar-refractivity contribution < 1.29 is 4.42 Å². The molecule has 3 heteroatoms. The molecule has 0 saturated carbocycles. The molecule has 0 amide bonds. The van der Waals surface area contributed by atoms with Crippen molar-refractivity contribution in [3.05, 3.63) is 197 Å². The molecule has 0 aliphatic heterocycles. The summed E-state index contributed by atoms with van der Waals surface area (Å²) in [5.41, 5.74) is 23.1. The largest absolute Gasteiger partial charge is 0.455 e. The summed E-state index contributed by atoms with van der Waals surface area (Å²) in [6, 6.07) is 56.5. The minimum Gasteiger partial charge on any atom is -0.455 e. The van der Waals surface area contributed by atoms with Crippen LogP contribution in [0, 0.1) is 0 Å². The Labute approximate surface area is 290 Å². The first-order valence-corrected chi connectivity index (χ1v) is 17.1. The lowest BCUT2D eigenvalue weighted by atomic mass is 9.70. The molecular formula is C47H32N2O. The van der Waals surface area contributed by atoms with E-state index in [1.165, 1.54) is 55.6 Å². The highest BCUT2D eigenvalue weighted by Crippen LogP contribution is 2.64. The third kappa shape index (κ3) is 4.01. The lowest BCUT2D eigenvalue weighted by Gasteiger charge is -2.30. The van der Waals surface area contributed by atoms with Crippen molar-refractivity contribution in [1.82, 2.24) is 0 Å². The Morgan fingerprint density at radius 1 is 0.580 bits per heavy atom. The van der Waals surface area contributed by atoms with Gasteiger partial charge in [-0.25, -0.2) is 0 Å². The topological polar surface area (TPSA) is 51.5 Å². The molecule has 0 atom stereocenters. The Morgan fingerprint density at radius 2 is 1.26 bits per heavy atom. The van der Waals surface area contributed by atoms with Gasteiger partial charge >= 0.3 is 0 Å². The molecule has 7 aromatic carbocycles. The first-order valence-electron chi connectivity index (χ1n) is 17.1. The van der Waals surface area contributed by atoms with E-state index in [0.29, 0.717) is 6.54 Å². The number of para-hydroxylation sites is 1. The van der Waals surface area contributed by atoms with Gasteiger partial charge in [-0.3, -0.25) is 4.99 Å². The van der Waals surface area contributed by atoms with E-state index in [-0.39, 0.29) is 0 Å². The van der Waals surface area contributed by atoms with Gasteiger partial charge in [-0.1, -0.05) is 152 Å². The van der Waals surface area contributed by atoms with Crippen molar-refractivity contribution in [2.45, 2.75) is 12.0 Å². The molecule has 1 spiro atoms. The van der Waals surface area contributed by atoms with Crippen molar-refractivity contribution in [2.24, 2.45) is 10.7 Å². The lowest BCUT2D eigenvalue weighted by Crippen LogP contribution is -2.26. The molecule has 0 fully saturated rings. The first kappa shape index (κ1) is 28.6. The van der Waals surface area contributed by atoms with Crippen LogP contribution in [0.1, 0.15) is 33.4 Å². The van der Waals surface area contributed by atoms with E-state index < -0.39 is 5.41 Å². The lowest BCUT2D eigenvalue weighted by molar-refractivity contribution is 0.669. The number of aliphatic imine (C=N–C) groups is 1. The zero-order valence-electron chi connectivity index (χ0n) is 27.3. The molecule has 236 valence electrons. The average Bonchev–Trinajstić information content (AvgIpc) is 3.81. The Bertz CT molecular complexity index is 2630. The summed E-state index contributed by atoms with van der Waals surface area (Å²) in [4.78, 5) is 4.93. The highest BCUT2D eigenvalue weighted by Gasteiger charge is 2.52. The number of fused-ring (bicyclic) bond motifs is 14. The predicted molar refractivity (Wildman–Crippen MR) is 206 cm³/mol. The van der Waals surface area contributed by atoms with E-state index in [2.05, 4.69) is 146 Å². The van der Waals surface area contributed by atoms with Crippen LogP contribution in [0.25, 0.3) is 60.9 Å². The number of rotatable bonds is 5. The number of benzene rings is 7. The van der Waals surface area contributed by atoms with Gasteiger partial charge in [0, 0.05) is 34.3 Å². The smallest absolute Gasteiger partial charge is 0.143 e. The molecule has 2 aliphatic carbocycles. The van der Waals surface area contributed by atoms with Crippen LogP contribution in [0.2, 0.25) is 0 Å². The van der Waals surface area contributed by atoms with Crippen LogP contribution in [0.15, 0.2) is 173 Å². The van der Waals surface area contributed by atoms with Crippen LogP contribution in [0.3, 0.4) is 0 Å². The van der Waals surface area contributed by atoms with Gasteiger partial charge < -0.3 is 10.2 Å². The Balaban J connectivity index is 1.09. The number of nitrogens with two attached hydrogens (primary N) is 1. The molecule has 1 heterocycles. The second kappa shape index (κ2) is 11.0. The summed E-state index contributed by atoms with van der Waals surface area (Å²) in [6.07, 6.45) is 3.54. The van der Waals surface area contributed by atoms with Gasteiger partial charge in [0.2, 0.25) is 0 Å². The maximum atomic E-state index is 6.70. The summed E-state index contributed by atoms with van der Waals surface area (Å²) in [7, 11) is 0. The van der Waals surface area contributed by atoms with E-state index in [4.69, 9.17) is 15.1 Å². The van der Waals surface area contributed by atoms with Gasteiger partial charge in [0.1, 0.15) is 11.2 Å². The van der Waals surface area contributed by atoms with Gasteiger partial charge in [-0.2, -0.15) is 0 Å². The number of hydrogen-bond donors (Lipinski definition) is 1. The van der Waals surface area contributed by atoms with E-state index in [1.54, 1.807) is 6.20 Å². The van der Waals surface area contributed by atoms with Crippen LogP contribution in [0.5, 0.6) is 0 Å². The maximum absolute atomic E-state index is 6.70. The average molecular weight is 641 g/mol. The van der Waals surface area contributed by atoms with Crippen LogP contribution < -0.4 is 5.73 Å². The highest BCUT2D eigenvalue weighted by molar-refractivity contribution is 6.13. The molecule has 2 N–H and O–H groups in total. The summed E-state index contributed by atoms with van der Waals surface area (Å²) in [6.45, 7) is 0.530. The molecule has 0 saturated heterocycles. The van der Waals surface area contributed by atoms with Crippen LogP contribution in [0.4, 0.5) is 0 Å². The number of hydrogen-bond acceptors (Lipinski definition) is 3. The molecule has 0 bridgehead atoms. The molecule has 2 aliphatic rings. The molecule has 3 nitrogen and oxygen atoms in total. The van der Waals surface area contributed by atoms with Gasteiger partial charge in [-0.05, 0) is 67.3 Å². The Hall–Kier alpha value is -6.45. The fourth-order valence-electron chi connectivity index (χ4n) is 8.50. The molecule has 0 radical (unpaired) electrons. The maximum Gasteiger partial charge on any atom is 0.143 e. The van der Waals surface area contributed by atoms with Gasteiger partial charge in [-0.15, -0.1) is 0 Å². The van der Waals surface area contributed by atoms with Gasteiger partial charge in [0.25, 0.3) is 0 Å². The quantitative estimate of drug-likeness (QED) is 0.190. The van der Waals surface area contributed by atoms with Crippen molar-refractivity contribution >= 4 is 33.7 Å². The van der Waals surface area contributed by atoms with Crippen molar-refractivity contribution in [2.75, 3.05) is 0 Å². The van der Waals surface area contributed by atoms with Crippen molar-refractivity contribution in [3.63, 3.8) is 0 Å². The SMILES string of the molecule is NC=C(C=NCc1ccc2c(c1)C1(c3ccccc3-c3ccccc31)c1ccc3c(oc4ccccc43)c1-2)c1ccc(-c2ccccc2)cc1. The van der Waals surface area contributed by atoms with E-state index in [9.17, 15) is 0 Å². The van der Waals surface area contributed by atoms with Crippen LogP contribution in [-0.2, 0) is 12.0 Å². The van der Waals surface area contributed by atoms with Crippen molar-refractivity contribution in [1.29, 1.82) is 0 Å². The monoisotopic (exact) mass is 640 g/mol. The predicted octanol–water partition coefficient (Wildman–Crippen LogP) is 11.2. The molecular weight excluding hydrogens is 609 g/mol. The van der Waals surface area contributed by atoms with E-state index in [1.807, 2.05) is 18.3 Å². The summed E-state index contributed by atoms with van der Waals surface area (Å²) >= 11 is 0. The van der Waals surface area contributed by atoms with E-state index >= 15 is 0 Å². The molecule has 8 aromatic rings. The number of allylic oxidation sites excluding steroid dienone is 1. The summed E-state index contributed by atoms with van der Waals surface area (Å²) in [5.74, 6) is 0. The normalized spacial score (nSPS) is 14.0. The number of nitrogens with zero attached hydrogens (tertiary/aromatic N) is 1. The second-order valence-electron chi connectivity index (χ2n) is 13.2. The zero-order chi connectivity index (χ0) is 33.2. The zero-order valence-corrected chi connectivity index (χ0v) is 27.3. The summed E-state index contributed by atoms with van der Waals surface area (Å²) in [5, 5.41) is 2.29. The third-order valence-electron chi connectivity index (χ3n) is 10.7. The third-order valence-corrected chi connectivity index (χ3v) is 10.7. The molecule has 50 heavy (non-hydrogen) atoms. The highest BCUT2D eigenvalue weighted by atomic mass is 16.3.